The maximum atomic E-state index is 10.2. The quantitative estimate of drug-likeness (QED) is 0.728. The van der Waals surface area contributed by atoms with Crippen molar-refractivity contribution in [2.45, 2.75) is 76.0 Å². The minimum absolute atomic E-state index is 0.0913. The molecule has 0 heterocycles. The Balaban J connectivity index is 1.89. The second-order valence-electron chi connectivity index (χ2n) is 6.65. The molecule has 0 aromatic heterocycles. The van der Waals surface area contributed by atoms with E-state index in [9.17, 15) is 10.2 Å². The Morgan fingerprint density at radius 2 is 1.25 bits per heavy atom. The van der Waals surface area contributed by atoms with Gasteiger partial charge in [-0.15, -0.1) is 0 Å². The Bertz CT molecular complexity index is 455. The van der Waals surface area contributed by atoms with Crippen molar-refractivity contribution in [3.63, 3.8) is 0 Å². The number of rotatable bonds is 2. The summed E-state index contributed by atoms with van der Waals surface area (Å²) in [5.74, 6) is 1.25. The minimum atomic E-state index is 0.0913. The maximum absolute atomic E-state index is 10.2. The summed E-state index contributed by atoms with van der Waals surface area (Å²) in [4.78, 5) is 0. The van der Waals surface area contributed by atoms with Crippen LogP contribution in [-0.4, -0.2) is 10.2 Å². The SMILES string of the molecule is Oc1cc(C2CCCCC2)cc(C2CCCCC2)c1O. The molecule has 2 aliphatic carbocycles. The van der Waals surface area contributed by atoms with Gasteiger partial charge in [0.05, 0.1) is 0 Å². The predicted molar refractivity (Wildman–Crippen MR) is 81.4 cm³/mol. The highest BCUT2D eigenvalue weighted by Gasteiger charge is 2.24. The fourth-order valence-electron chi connectivity index (χ4n) is 4.06. The molecule has 0 radical (unpaired) electrons. The molecule has 0 aliphatic heterocycles. The molecule has 3 rings (SSSR count). The van der Waals surface area contributed by atoms with Crippen LogP contribution in [0.25, 0.3) is 0 Å². The minimum Gasteiger partial charge on any atom is -0.504 e. The molecule has 20 heavy (non-hydrogen) atoms. The first kappa shape index (κ1) is 13.8. The van der Waals surface area contributed by atoms with E-state index in [-0.39, 0.29) is 11.5 Å². The Kier molecular flexibility index (Phi) is 4.18. The number of hydrogen-bond donors (Lipinski definition) is 2. The van der Waals surface area contributed by atoms with Crippen LogP contribution in [0.15, 0.2) is 12.1 Å². The number of benzene rings is 1. The fraction of sp³-hybridized carbons (Fsp3) is 0.667. The van der Waals surface area contributed by atoms with Crippen LogP contribution in [0.1, 0.15) is 87.2 Å². The van der Waals surface area contributed by atoms with Crippen molar-refractivity contribution in [1.82, 2.24) is 0 Å². The van der Waals surface area contributed by atoms with E-state index >= 15 is 0 Å². The Morgan fingerprint density at radius 3 is 1.85 bits per heavy atom. The molecule has 110 valence electrons. The van der Waals surface area contributed by atoms with E-state index < -0.39 is 0 Å². The van der Waals surface area contributed by atoms with Gasteiger partial charge in [-0.25, -0.2) is 0 Å². The third-order valence-corrected chi connectivity index (χ3v) is 5.26. The van der Waals surface area contributed by atoms with Crippen molar-refractivity contribution in [1.29, 1.82) is 0 Å². The lowest BCUT2D eigenvalue weighted by molar-refractivity contribution is 0.377. The molecule has 0 spiro atoms. The van der Waals surface area contributed by atoms with Crippen molar-refractivity contribution in [3.05, 3.63) is 23.3 Å². The van der Waals surface area contributed by atoms with Crippen molar-refractivity contribution in [2.24, 2.45) is 0 Å². The van der Waals surface area contributed by atoms with Crippen molar-refractivity contribution >= 4 is 0 Å². The summed E-state index contributed by atoms with van der Waals surface area (Å²) >= 11 is 0. The van der Waals surface area contributed by atoms with Crippen molar-refractivity contribution in [3.8, 4) is 11.5 Å². The third kappa shape index (κ3) is 2.79. The molecule has 0 atom stereocenters. The molecule has 0 amide bonds. The van der Waals surface area contributed by atoms with Gasteiger partial charge in [0.25, 0.3) is 0 Å². The van der Waals surface area contributed by atoms with Gasteiger partial charge in [0.15, 0.2) is 11.5 Å². The van der Waals surface area contributed by atoms with Gasteiger partial charge < -0.3 is 10.2 Å². The van der Waals surface area contributed by atoms with E-state index in [0.29, 0.717) is 11.8 Å². The normalized spacial score (nSPS) is 22.0. The summed E-state index contributed by atoms with van der Waals surface area (Å²) in [6.07, 6.45) is 12.5. The van der Waals surface area contributed by atoms with Crippen molar-refractivity contribution in [2.75, 3.05) is 0 Å². The molecule has 0 bridgehead atoms. The molecule has 1 aromatic rings. The first-order valence-electron chi connectivity index (χ1n) is 8.31. The summed E-state index contributed by atoms with van der Waals surface area (Å²) in [5.41, 5.74) is 2.26. The zero-order chi connectivity index (χ0) is 13.9. The standard InChI is InChI=1S/C18H26O2/c19-17-12-15(13-7-3-1-4-8-13)11-16(18(17)20)14-9-5-2-6-10-14/h11-14,19-20H,1-10H2. The van der Waals surface area contributed by atoms with E-state index in [1.165, 1.54) is 56.9 Å². The Labute approximate surface area is 121 Å². The molecule has 0 unspecified atom stereocenters. The van der Waals surface area contributed by atoms with E-state index in [1.54, 1.807) is 6.07 Å². The fourth-order valence-corrected chi connectivity index (χ4v) is 4.06. The van der Waals surface area contributed by atoms with Crippen LogP contribution in [0.3, 0.4) is 0 Å². The van der Waals surface area contributed by atoms with E-state index in [1.807, 2.05) is 0 Å². The Hall–Kier alpha value is -1.18. The van der Waals surface area contributed by atoms with Gasteiger partial charge in [-0.3, -0.25) is 0 Å². The van der Waals surface area contributed by atoms with Gasteiger partial charge in [0, 0.05) is 5.56 Å². The summed E-state index contributed by atoms with van der Waals surface area (Å²) in [5, 5.41) is 20.3. The predicted octanol–water partition coefficient (Wildman–Crippen LogP) is 5.19. The molecule has 1 aromatic carbocycles. The van der Waals surface area contributed by atoms with E-state index in [0.717, 1.165) is 18.4 Å². The number of phenols is 2. The van der Waals surface area contributed by atoms with Gasteiger partial charge in [0.1, 0.15) is 0 Å². The van der Waals surface area contributed by atoms with Gasteiger partial charge in [-0.05, 0) is 49.1 Å². The number of aromatic hydroxyl groups is 2. The van der Waals surface area contributed by atoms with Crippen LogP contribution < -0.4 is 0 Å². The highest BCUT2D eigenvalue weighted by molar-refractivity contribution is 5.50. The van der Waals surface area contributed by atoms with Gasteiger partial charge in [-0.2, -0.15) is 0 Å². The maximum Gasteiger partial charge on any atom is 0.160 e. The summed E-state index contributed by atoms with van der Waals surface area (Å²) in [6, 6.07) is 4.00. The summed E-state index contributed by atoms with van der Waals surface area (Å²) in [7, 11) is 0. The van der Waals surface area contributed by atoms with Crippen LogP contribution in [-0.2, 0) is 0 Å². The second-order valence-corrected chi connectivity index (χ2v) is 6.65. The molecule has 2 nitrogen and oxygen atoms in total. The molecule has 2 N–H and O–H groups in total. The Morgan fingerprint density at radius 1 is 0.700 bits per heavy atom. The molecule has 2 aliphatic rings. The third-order valence-electron chi connectivity index (χ3n) is 5.26. The second kappa shape index (κ2) is 6.07. The van der Waals surface area contributed by atoms with Crippen molar-refractivity contribution < 1.29 is 10.2 Å². The van der Waals surface area contributed by atoms with E-state index in [2.05, 4.69) is 6.07 Å². The molecule has 2 heteroatoms. The molecular weight excluding hydrogens is 248 g/mol. The van der Waals surface area contributed by atoms with Gasteiger partial charge in [-0.1, -0.05) is 44.6 Å². The first-order valence-corrected chi connectivity index (χ1v) is 8.31. The zero-order valence-corrected chi connectivity index (χ0v) is 12.3. The molecule has 0 saturated heterocycles. The van der Waals surface area contributed by atoms with Crippen LogP contribution in [0, 0.1) is 0 Å². The summed E-state index contributed by atoms with van der Waals surface area (Å²) in [6.45, 7) is 0. The monoisotopic (exact) mass is 274 g/mol. The molecule has 2 saturated carbocycles. The van der Waals surface area contributed by atoms with Gasteiger partial charge >= 0.3 is 0 Å². The number of hydrogen-bond acceptors (Lipinski definition) is 2. The first-order chi connectivity index (χ1) is 9.75. The van der Waals surface area contributed by atoms with Gasteiger partial charge in [0.2, 0.25) is 0 Å². The zero-order valence-electron chi connectivity index (χ0n) is 12.3. The highest BCUT2D eigenvalue weighted by atomic mass is 16.3. The molecular formula is C18H26O2. The lowest BCUT2D eigenvalue weighted by Crippen LogP contribution is -2.08. The average Bonchev–Trinajstić information content (AvgIpc) is 2.51. The van der Waals surface area contributed by atoms with Crippen LogP contribution in [0.5, 0.6) is 11.5 Å². The average molecular weight is 274 g/mol. The lowest BCUT2D eigenvalue weighted by atomic mass is 9.79. The topological polar surface area (TPSA) is 40.5 Å². The largest absolute Gasteiger partial charge is 0.504 e. The van der Waals surface area contributed by atoms with Crippen LogP contribution >= 0.6 is 0 Å². The lowest BCUT2D eigenvalue weighted by Gasteiger charge is -2.26. The highest BCUT2D eigenvalue weighted by Crippen LogP contribution is 2.44. The summed E-state index contributed by atoms with van der Waals surface area (Å²) < 4.78 is 0. The smallest absolute Gasteiger partial charge is 0.160 e. The number of phenolic OH excluding ortho intramolecular Hbond substituents is 2. The van der Waals surface area contributed by atoms with Crippen LogP contribution in [0.2, 0.25) is 0 Å². The van der Waals surface area contributed by atoms with E-state index in [4.69, 9.17) is 0 Å². The van der Waals surface area contributed by atoms with Crippen LogP contribution in [0.4, 0.5) is 0 Å². The molecule has 2 fully saturated rings.